The van der Waals surface area contributed by atoms with Gasteiger partial charge < -0.3 is 25.4 Å². The lowest BCUT2D eigenvalue weighted by molar-refractivity contribution is -0.152. The molecule has 2 N–H and O–H groups in total. The van der Waals surface area contributed by atoms with Crippen LogP contribution in [0.15, 0.2) is 30.3 Å². The molecule has 0 bridgehead atoms. The molecule has 9 heteroatoms. The number of esters is 1. The van der Waals surface area contributed by atoms with E-state index >= 15 is 0 Å². The summed E-state index contributed by atoms with van der Waals surface area (Å²) in [6.07, 6.45) is 0.464. The summed E-state index contributed by atoms with van der Waals surface area (Å²) in [6.45, 7) is 4.76. The van der Waals surface area contributed by atoms with E-state index in [2.05, 4.69) is 15.1 Å². The van der Waals surface area contributed by atoms with E-state index in [4.69, 9.17) is 10.3 Å². The third-order valence-corrected chi connectivity index (χ3v) is 4.79. The largest absolute Gasteiger partial charge is 0.461 e. The number of rotatable bonds is 12. The maximum absolute atomic E-state index is 13.0. The van der Waals surface area contributed by atoms with Gasteiger partial charge in [0.25, 0.3) is 0 Å². The maximum atomic E-state index is 13.0. The molecule has 2 rings (SSSR count). The number of amides is 1. The van der Waals surface area contributed by atoms with Crippen molar-refractivity contribution < 1.29 is 28.7 Å². The highest BCUT2D eigenvalue weighted by molar-refractivity contribution is 6.25. The molecule has 1 amide bonds. The number of aromatic nitrogens is 1. The number of nitrogens with one attached hydrogen (secondary N) is 2. The number of fused-ring (bicyclic) bond motifs is 1. The number of nitrogens with zero attached hydrogens (tertiary/aromatic N) is 2. The molecule has 9 nitrogen and oxygen atoms in total. The number of aromatic amines is 1. The second kappa shape index (κ2) is 11.7. The van der Waals surface area contributed by atoms with Gasteiger partial charge in [-0.25, -0.2) is 4.79 Å². The molecular formula is C23H28N4O5. The number of hydrogen-bond donors (Lipinski definition) is 2. The molecule has 32 heavy (non-hydrogen) atoms. The number of Topliss-reactive ketones (excluding diaryl/α,β-unsaturated/α-hetero) is 2. The normalized spacial score (nSPS) is 12.6. The predicted octanol–water partition coefficient (Wildman–Crippen LogP) is 2.39. The minimum absolute atomic E-state index is 0.00322. The molecule has 0 aliphatic carbocycles. The first-order chi connectivity index (χ1) is 15.2. The van der Waals surface area contributed by atoms with E-state index in [9.17, 15) is 19.2 Å². The summed E-state index contributed by atoms with van der Waals surface area (Å²) in [5, 5.41) is 3.63. The standard InChI is InChI=1S/C23H28N4O5/c1-14(2)32-23(31)21(9-8-19(29)13-25-24)27-22(30)17(10-15(3)28)12-18-11-16-6-4-5-7-20(16)26-18/h4-7,11,13-14,17,21,26H,8-10,12H2,1-3H3,(H,27,30)/t17-,21-/m0/s1. The number of benzene rings is 1. The van der Waals surface area contributed by atoms with Gasteiger partial charge in [0.1, 0.15) is 11.8 Å². The van der Waals surface area contributed by atoms with Crippen molar-refractivity contribution in [1.82, 2.24) is 10.3 Å². The van der Waals surface area contributed by atoms with Crippen LogP contribution in [0, 0.1) is 5.92 Å². The highest BCUT2D eigenvalue weighted by Gasteiger charge is 2.29. The number of para-hydroxylation sites is 1. The van der Waals surface area contributed by atoms with Gasteiger partial charge >= 0.3 is 12.2 Å². The topological polar surface area (TPSA) is 142 Å². The zero-order chi connectivity index (χ0) is 23.7. The van der Waals surface area contributed by atoms with Crippen LogP contribution in [-0.2, 0) is 30.3 Å². The van der Waals surface area contributed by atoms with Crippen molar-refractivity contribution >= 4 is 40.6 Å². The Morgan fingerprint density at radius 2 is 1.94 bits per heavy atom. The Balaban J connectivity index is 2.17. The van der Waals surface area contributed by atoms with Crippen molar-refractivity contribution in [2.24, 2.45) is 5.92 Å². The van der Waals surface area contributed by atoms with E-state index in [-0.39, 0.29) is 31.5 Å². The lowest BCUT2D eigenvalue weighted by Crippen LogP contribution is -2.46. The quantitative estimate of drug-likeness (QED) is 0.226. The van der Waals surface area contributed by atoms with Gasteiger partial charge in [-0.2, -0.15) is 4.79 Å². The molecule has 1 heterocycles. The summed E-state index contributed by atoms with van der Waals surface area (Å²) in [4.78, 5) is 54.9. The average Bonchev–Trinajstić information content (AvgIpc) is 3.12. The van der Waals surface area contributed by atoms with E-state index in [0.717, 1.165) is 22.8 Å². The highest BCUT2D eigenvalue weighted by Crippen LogP contribution is 2.19. The molecule has 0 aliphatic rings. The van der Waals surface area contributed by atoms with Gasteiger partial charge in [-0.05, 0) is 51.1 Å². The van der Waals surface area contributed by atoms with Crippen LogP contribution in [-0.4, -0.2) is 51.6 Å². The van der Waals surface area contributed by atoms with Crippen LogP contribution in [0.1, 0.15) is 45.7 Å². The Hall–Kier alpha value is -3.58. The minimum Gasteiger partial charge on any atom is -0.461 e. The average molecular weight is 441 g/mol. The van der Waals surface area contributed by atoms with Crippen molar-refractivity contribution in [3.05, 3.63) is 41.6 Å². The van der Waals surface area contributed by atoms with Gasteiger partial charge in [0.2, 0.25) is 11.7 Å². The molecule has 170 valence electrons. The van der Waals surface area contributed by atoms with Gasteiger partial charge in [0.05, 0.1) is 12.0 Å². The fourth-order valence-electron chi connectivity index (χ4n) is 3.38. The summed E-state index contributed by atoms with van der Waals surface area (Å²) in [7, 11) is 0. The first-order valence-corrected chi connectivity index (χ1v) is 10.5. The Labute approximate surface area is 186 Å². The van der Waals surface area contributed by atoms with Crippen molar-refractivity contribution in [2.75, 3.05) is 0 Å². The molecule has 0 saturated heterocycles. The van der Waals surface area contributed by atoms with E-state index in [1.54, 1.807) is 13.8 Å². The number of H-pyrrole nitrogens is 1. The molecule has 0 fully saturated rings. The van der Waals surface area contributed by atoms with Crippen molar-refractivity contribution in [3.63, 3.8) is 0 Å². The summed E-state index contributed by atoms with van der Waals surface area (Å²) < 4.78 is 5.20. The lowest BCUT2D eigenvalue weighted by atomic mass is 9.95. The number of carbonyl (C=O) groups excluding carboxylic acids is 4. The van der Waals surface area contributed by atoms with Crippen LogP contribution in [0.2, 0.25) is 0 Å². The van der Waals surface area contributed by atoms with E-state index in [1.165, 1.54) is 6.92 Å². The third kappa shape index (κ3) is 7.59. The van der Waals surface area contributed by atoms with Crippen LogP contribution in [0.4, 0.5) is 0 Å². The van der Waals surface area contributed by atoms with Gasteiger partial charge in [0, 0.05) is 24.1 Å². The number of hydrogen-bond acceptors (Lipinski definition) is 5. The van der Waals surface area contributed by atoms with Gasteiger partial charge in [-0.1, -0.05) is 18.2 Å². The van der Waals surface area contributed by atoms with Gasteiger partial charge in [-0.15, -0.1) is 0 Å². The monoisotopic (exact) mass is 440 g/mol. The Morgan fingerprint density at radius 1 is 1.22 bits per heavy atom. The number of ketones is 2. The summed E-state index contributed by atoms with van der Waals surface area (Å²) in [5.74, 6) is -2.51. The van der Waals surface area contributed by atoms with Crippen molar-refractivity contribution in [2.45, 2.75) is 58.6 Å². The smallest absolute Gasteiger partial charge is 0.328 e. The second-order valence-corrected chi connectivity index (χ2v) is 7.99. The van der Waals surface area contributed by atoms with Crippen LogP contribution < -0.4 is 5.32 Å². The first-order valence-electron chi connectivity index (χ1n) is 10.5. The van der Waals surface area contributed by atoms with Gasteiger partial charge in [0.15, 0.2) is 0 Å². The summed E-state index contributed by atoms with van der Waals surface area (Å²) >= 11 is 0. The fourth-order valence-corrected chi connectivity index (χ4v) is 3.38. The van der Waals surface area contributed by atoms with E-state index < -0.39 is 35.7 Å². The third-order valence-electron chi connectivity index (χ3n) is 4.79. The molecule has 0 aliphatic heterocycles. The molecule has 0 saturated carbocycles. The van der Waals surface area contributed by atoms with Crippen LogP contribution in [0.3, 0.4) is 0 Å². The second-order valence-electron chi connectivity index (χ2n) is 7.99. The Bertz CT molecular complexity index is 1000. The predicted molar refractivity (Wildman–Crippen MR) is 118 cm³/mol. The zero-order valence-electron chi connectivity index (χ0n) is 18.5. The molecule has 0 unspecified atom stereocenters. The summed E-state index contributed by atoms with van der Waals surface area (Å²) in [5.41, 5.74) is 10.2. The Morgan fingerprint density at radius 3 is 2.56 bits per heavy atom. The molecule has 1 aromatic heterocycles. The highest BCUT2D eigenvalue weighted by atomic mass is 16.5. The molecule has 0 radical (unpaired) electrons. The number of carbonyl (C=O) groups is 4. The van der Waals surface area contributed by atoms with Crippen molar-refractivity contribution in [1.29, 1.82) is 0 Å². The van der Waals surface area contributed by atoms with Crippen molar-refractivity contribution in [3.8, 4) is 0 Å². The molecule has 2 aromatic rings. The first kappa shape index (κ1) is 24.7. The minimum atomic E-state index is -1.07. The van der Waals surface area contributed by atoms with Crippen LogP contribution in [0.25, 0.3) is 16.4 Å². The van der Waals surface area contributed by atoms with E-state index in [0.29, 0.717) is 0 Å². The SMILES string of the molecule is CC(=O)C[C@@H](Cc1cc2ccccc2[nH]1)C(=O)N[C@@H](CCC(=O)C=[N+]=[N-])C(=O)OC(C)C. The molecule has 1 aromatic carbocycles. The van der Waals surface area contributed by atoms with E-state index in [1.807, 2.05) is 30.3 Å². The van der Waals surface area contributed by atoms with Crippen LogP contribution in [0.5, 0.6) is 0 Å². The lowest BCUT2D eigenvalue weighted by Gasteiger charge is -2.22. The zero-order valence-corrected chi connectivity index (χ0v) is 18.5. The Kier molecular flexibility index (Phi) is 9.04. The fraction of sp³-hybridized carbons (Fsp3) is 0.435. The number of ether oxygens (including phenoxy) is 1. The van der Waals surface area contributed by atoms with Gasteiger partial charge in [-0.3, -0.25) is 9.59 Å². The molecule has 0 spiro atoms. The maximum Gasteiger partial charge on any atom is 0.328 e. The molecular weight excluding hydrogens is 412 g/mol. The van der Waals surface area contributed by atoms with Crippen LogP contribution >= 0.6 is 0 Å². The summed E-state index contributed by atoms with van der Waals surface area (Å²) in [6, 6.07) is 8.53. The molecule has 2 atom stereocenters.